The number of halogens is 2. The molecule has 0 unspecified atom stereocenters. The Balaban J connectivity index is 1.26. The Kier molecular flexibility index (Phi) is 9.58. The molecule has 0 bridgehead atoms. The van der Waals surface area contributed by atoms with Crippen LogP contribution >= 0.6 is 35.0 Å². The maximum absolute atomic E-state index is 13.2. The van der Waals surface area contributed by atoms with Gasteiger partial charge in [-0.15, -0.1) is 0 Å². The van der Waals surface area contributed by atoms with E-state index in [1.54, 1.807) is 54.6 Å². The smallest absolute Gasteiger partial charge is 0.294 e. The predicted molar refractivity (Wildman–Crippen MR) is 165 cm³/mol. The van der Waals surface area contributed by atoms with Crippen LogP contribution in [0, 0.1) is 0 Å². The van der Waals surface area contributed by atoms with Crippen LogP contribution in [0.3, 0.4) is 0 Å². The summed E-state index contributed by atoms with van der Waals surface area (Å²) in [5.74, 6) is -0.247. The molecule has 42 heavy (non-hydrogen) atoms. The van der Waals surface area contributed by atoms with Gasteiger partial charge >= 0.3 is 0 Å². The fraction of sp³-hybridized carbons (Fsp3) is 0.233. The van der Waals surface area contributed by atoms with Crippen LogP contribution in [-0.2, 0) is 20.9 Å². The zero-order valence-corrected chi connectivity index (χ0v) is 24.9. The van der Waals surface area contributed by atoms with Crippen molar-refractivity contribution in [2.75, 3.05) is 50.2 Å². The third-order valence-corrected chi connectivity index (χ3v) is 8.10. The van der Waals surface area contributed by atoms with Crippen LogP contribution in [-0.4, -0.2) is 61.9 Å². The summed E-state index contributed by atoms with van der Waals surface area (Å²) in [7, 11) is 1.50. The summed E-state index contributed by atoms with van der Waals surface area (Å²) in [6.45, 7) is 2.66. The molecule has 3 aromatic carbocycles. The van der Waals surface area contributed by atoms with Gasteiger partial charge < -0.3 is 24.4 Å². The minimum Gasteiger partial charge on any atom is -0.493 e. The van der Waals surface area contributed by atoms with E-state index in [-0.39, 0.29) is 11.5 Å². The summed E-state index contributed by atoms with van der Waals surface area (Å²) >= 11 is 13.0. The summed E-state index contributed by atoms with van der Waals surface area (Å²) in [4.78, 5) is 41.9. The van der Waals surface area contributed by atoms with Gasteiger partial charge in [-0.05, 0) is 60.3 Å². The minimum atomic E-state index is -0.572. The molecule has 1 N–H and O–H groups in total. The van der Waals surface area contributed by atoms with Crippen molar-refractivity contribution < 1.29 is 28.6 Å². The zero-order chi connectivity index (χ0) is 29.6. The van der Waals surface area contributed by atoms with E-state index in [2.05, 4.69) is 10.2 Å². The minimum absolute atomic E-state index is 0.117. The van der Waals surface area contributed by atoms with Gasteiger partial charge in [-0.3, -0.25) is 19.3 Å². The van der Waals surface area contributed by atoms with Crippen LogP contribution in [0.25, 0.3) is 6.08 Å². The van der Waals surface area contributed by atoms with Gasteiger partial charge in [-0.25, -0.2) is 0 Å². The van der Waals surface area contributed by atoms with E-state index in [1.165, 1.54) is 7.11 Å². The number of nitrogens with one attached hydrogen (secondary N) is 1. The fourth-order valence-electron chi connectivity index (χ4n) is 4.45. The molecular formula is C30H27Cl2N3O6S. The molecule has 0 atom stereocenters. The quantitative estimate of drug-likeness (QED) is 0.285. The van der Waals surface area contributed by atoms with Crippen LogP contribution in [0.2, 0.25) is 10.0 Å². The number of hydrogen-bond acceptors (Lipinski definition) is 8. The highest BCUT2D eigenvalue weighted by Crippen LogP contribution is 2.38. The van der Waals surface area contributed by atoms with Crippen molar-refractivity contribution in [3.63, 3.8) is 0 Å². The average molecular weight is 629 g/mol. The predicted octanol–water partition coefficient (Wildman–Crippen LogP) is 6.09. The Morgan fingerprint density at radius 1 is 1.07 bits per heavy atom. The van der Waals surface area contributed by atoms with E-state index < -0.39 is 23.6 Å². The zero-order valence-electron chi connectivity index (χ0n) is 22.6. The molecule has 2 aliphatic heterocycles. The maximum Gasteiger partial charge on any atom is 0.294 e. The van der Waals surface area contributed by atoms with Crippen LogP contribution in [0.4, 0.5) is 16.2 Å². The maximum atomic E-state index is 13.2. The summed E-state index contributed by atoms with van der Waals surface area (Å²) in [6.07, 6.45) is 1.55. The van der Waals surface area contributed by atoms with Gasteiger partial charge in [-0.1, -0.05) is 41.4 Å². The molecule has 0 aliphatic carbocycles. The Bertz CT molecular complexity index is 1530. The molecule has 0 saturated carbocycles. The number of nitrogens with zero attached hydrogens (tertiary/aromatic N) is 2. The summed E-state index contributed by atoms with van der Waals surface area (Å²) in [5.41, 5.74) is 2.83. The molecule has 2 fully saturated rings. The highest BCUT2D eigenvalue weighted by Gasteiger charge is 2.36. The molecule has 2 heterocycles. The van der Waals surface area contributed by atoms with Crippen LogP contribution < -0.4 is 19.7 Å². The second kappa shape index (κ2) is 13.5. The molecule has 2 saturated heterocycles. The Hall–Kier alpha value is -3.70. The largest absolute Gasteiger partial charge is 0.493 e. The van der Waals surface area contributed by atoms with Gasteiger partial charge in [0.2, 0.25) is 5.91 Å². The van der Waals surface area contributed by atoms with Crippen molar-refractivity contribution in [3.8, 4) is 11.5 Å². The van der Waals surface area contributed by atoms with Crippen molar-refractivity contribution in [2.24, 2.45) is 0 Å². The third kappa shape index (κ3) is 7.01. The van der Waals surface area contributed by atoms with Crippen molar-refractivity contribution in [3.05, 3.63) is 86.7 Å². The monoisotopic (exact) mass is 627 g/mol. The number of para-hydroxylation sites is 1. The Morgan fingerprint density at radius 3 is 2.55 bits per heavy atom. The number of benzene rings is 3. The van der Waals surface area contributed by atoms with E-state index in [0.717, 1.165) is 35.4 Å². The first-order chi connectivity index (χ1) is 20.3. The van der Waals surface area contributed by atoms with Crippen LogP contribution in [0.1, 0.15) is 11.1 Å². The summed E-state index contributed by atoms with van der Waals surface area (Å²) in [6, 6.07) is 17.7. The average Bonchev–Trinajstić information content (AvgIpc) is 3.25. The first-order valence-electron chi connectivity index (χ1n) is 13.0. The van der Waals surface area contributed by atoms with E-state index in [0.29, 0.717) is 51.6 Å². The number of amides is 3. The fourth-order valence-corrected chi connectivity index (χ4v) is 5.74. The molecule has 0 aromatic heterocycles. The number of carbonyl (C=O) groups is 3. The van der Waals surface area contributed by atoms with Gasteiger partial charge in [0.1, 0.15) is 13.2 Å². The standard InChI is InChI=1S/C30H27Cl2N3O6S/c1-39-25-4-2-3-19(28(25)41-18-20-5-6-21(31)16-24(20)32)15-26-29(37)35(30(38)42-26)17-27(36)33-22-7-9-23(10-8-22)34-11-13-40-14-12-34/h2-10,15-16H,11-14,17-18H2,1H3,(H,33,36)/b26-15+. The number of morpholine rings is 1. The number of rotatable bonds is 9. The molecular weight excluding hydrogens is 601 g/mol. The second-order valence-corrected chi connectivity index (χ2v) is 11.2. The highest BCUT2D eigenvalue weighted by molar-refractivity contribution is 8.18. The van der Waals surface area contributed by atoms with E-state index >= 15 is 0 Å². The number of imide groups is 1. The Morgan fingerprint density at radius 2 is 1.83 bits per heavy atom. The van der Waals surface area contributed by atoms with E-state index in [1.807, 2.05) is 12.1 Å². The summed E-state index contributed by atoms with van der Waals surface area (Å²) < 4.78 is 16.9. The topological polar surface area (TPSA) is 97.4 Å². The van der Waals surface area contributed by atoms with E-state index in [4.69, 9.17) is 37.4 Å². The second-order valence-electron chi connectivity index (χ2n) is 9.37. The lowest BCUT2D eigenvalue weighted by Gasteiger charge is -2.28. The van der Waals surface area contributed by atoms with Gasteiger partial charge in [0.05, 0.1) is 25.2 Å². The van der Waals surface area contributed by atoms with Crippen molar-refractivity contribution >= 4 is 69.5 Å². The molecule has 5 rings (SSSR count). The highest BCUT2D eigenvalue weighted by atomic mass is 35.5. The molecule has 3 aromatic rings. The van der Waals surface area contributed by atoms with Gasteiger partial charge in [0.15, 0.2) is 11.5 Å². The molecule has 2 aliphatic rings. The lowest BCUT2D eigenvalue weighted by molar-refractivity contribution is -0.127. The third-order valence-electron chi connectivity index (χ3n) is 6.61. The number of carbonyl (C=O) groups excluding carboxylic acids is 3. The molecule has 218 valence electrons. The first-order valence-corrected chi connectivity index (χ1v) is 14.6. The first kappa shape index (κ1) is 29.8. The number of thioether (sulfide) groups is 1. The number of ether oxygens (including phenoxy) is 3. The molecule has 9 nitrogen and oxygen atoms in total. The van der Waals surface area contributed by atoms with Crippen LogP contribution in [0.15, 0.2) is 65.6 Å². The normalized spacial score (nSPS) is 16.2. The SMILES string of the molecule is COc1cccc(/C=C2/SC(=O)N(CC(=O)Nc3ccc(N4CCOCC4)cc3)C2=O)c1OCc1ccc(Cl)cc1Cl. The van der Waals surface area contributed by atoms with E-state index in [9.17, 15) is 14.4 Å². The van der Waals surface area contributed by atoms with Crippen molar-refractivity contribution in [1.29, 1.82) is 0 Å². The van der Waals surface area contributed by atoms with Gasteiger partial charge in [0.25, 0.3) is 11.1 Å². The number of methoxy groups -OCH3 is 1. The molecule has 12 heteroatoms. The lowest BCUT2D eigenvalue weighted by Crippen LogP contribution is -2.36. The van der Waals surface area contributed by atoms with Crippen molar-refractivity contribution in [2.45, 2.75) is 6.61 Å². The Labute approximate surface area is 257 Å². The van der Waals surface area contributed by atoms with Crippen LogP contribution in [0.5, 0.6) is 11.5 Å². The van der Waals surface area contributed by atoms with Gasteiger partial charge in [-0.2, -0.15) is 0 Å². The van der Waals surface area contributed by atoms with Crippen molar-refractivity contribution in [1.82, 2.24) is 4.90 Å². The van der Waals surface area contributed by atoms with Gasteiger partial charge in [0, 0.05) is 45.6 Å². The summed E-state index contributed by atoms with van der Waals surface area (Å²) in [5, 5.41) is 3.17. The molecule has 0 spiro atoms. The number of hydrogen-bond donors (Lipinski definition) is 1. The number of anilines is 2. The molecule has 0 radical (unpaired) electrons. The molecule has 3 amide bonds. The lowest BCUT2D eigenvalue weighted by atomic mass is 10.1.